The number of para-hydroxylation sites is 3. The van der Waals surface area contributed by atoms with Gasteiger partial charge in [0.05, 0.1) is 27.1 Å². The normalized spacial score (nSPS) is 11.9. The summed E-state index contributed by atoms with van der Waals surface area (Å²) in [4.78, 5) is 10.7. The molecular formula is C52H31N3OS. The Bertz CT molecular complexity index is 3520. The SMILES string of the molecule is c1ccc(-c2cccc(-c3cc(-c4cccc5c4sc4c5ccc5c6ccccc6n(-c6ccccc6)c54)nc(-c4ccc5oc6ccccc6c5c4)n3)c2)cc1. The van der Waals surface area contributed by atoms with Crippen molar-refractivity contribution in [2.45, 2.75) is 0 Å². The van der Waals surface area contributed by atoms with Gasteiger partial charge in [-0.2, -0.15) is 0 Å². The third-order valence-electron chi connectivity index (χ3n) is 11.2. The summed E-state index contributed by atoms with van der Waals surface area (Å²) in [5, 5.41) is 7.10. The molecule has 0 aliphatic heterocycles. The van der Waals surface area contributed by atoms with E-state index in [4.69, 9.17) is 14.4 Å². The Balaban J connectivity index is 1.11. The molecule has 0 N–H and O–H groups in total. The molecular weight excluding hydrogens is 715 g/mol. The molecule has 0 amide bonds. The molecule has 4 aromatic heterocycles. The van der Waals surface area contributed by atoms with Gasteiger partial charge < -0.3 is 8.98 Å². The van der Waals surface area contributed by atoms with Crippen molar-refractivity contribution in [2.75, 3.05) is 0 Å². The highest BCUT2D eigenvalue weighted by Crippen LogP contribution is 2.46. The van der Waals surface area contributed by atoms with E-state index in [0.717, 1.165) is 61.3 Å². The monoisotopic (exact) mass is 745 g/mol. The van der Waals surface area contributed by atoms with Crippen LogP contribution < -0.4 is 0 Å². The summed E-state index contributed by atoms with van der Waals surface area (Å²) in [6, 6.07) is 66.5. The number of benzene rings is 8. The third-order valence-corrected chi connectivity index (χ3v) is 12.5. The minimum absolute atomic E-state index is 0.671. The molecule has 0 bridgehead atoms. The van der Waals surface area contributed by atoms with Gasteiger partial charge in [0.25, 0.3) is 0 Å². The van der Waals surface area contributed by atoms with Crippen molar-refractivity contribution in [3.8, 4) is 50.7 Å². The van der Waals surface area contributed by atoms with Crippen molar-refractivity contribution in [1.29, 1.82) is 0 Å². The highest BCUT2D eigenvalue weighted by molar-refractivity contribution is 7.27. The highest BCUT2D eigenvalue weighted by atomic mass is 32.1. The van der Waals surface area contributed by atoms with E-state index in [0.29, 0.717) is 5.82 Å². The van der Waals surface area contributed by atoms with Crippen LogP contribution in [0.4, 0.5) is 0 Å². The Morgan fingerprint density at radius 1 is 0.404 bits per heavy atom. The number of hydrogen-bond donors (Lipinski definition) is 0. The van der Waals surface area contributed by atoms with Crippen LogP contribution in [0.1, 0.15) is 0 Å². The van der Waals surface area contributed by atoms with Crippen molar-refractivity contribution < 1.29 is 4.42 Å². The number of aromatic nitrogens is 3. The van der Waals surface area contributed by atoms with Crippen LogP contribution >= 0.6 is 11.3 Å². The van der Waals surface area contributed by atoms with Crippen LogP contribution in [0.5, 0.6) is 0 Å². The van der Waals surface area contributed by atoms with E-state index in [1.165, 1.54) is 47.5 Å². The first-order valence-corrected chi connectivity index (χ1v) is 20.0. The number of rotatable bonds is 5. The minimum atomic E-state index is 0.671. The second-order valence-electron chi connectivity index (χ2n) is 14.5. The molecule has 5 heteroatoms. The number of fused-ring (bicyclic) bond motifs is 10. The highest BCUT2D eigenvalue weighted by Gasteiger charge is 2.21. The zero-order valence-corrected chi connectivity index (χ0v) is 31.4. The van der Waals surface area contributed by atoms with Crippen LogP contribution in [0.25, 0.3) is 115 Å². The smallest absolute Gasteiger partial charge is 0.160 e. The summed E-state index contributed by atoms with van der Waals surface area (Å²) >= 11 is 1.85. The van der Waals surface area contributed by atoms with Gasteiger partial charge >= 0.3 is 0 Å². The van der Waals surface area contributed by atoms with E-state index in [1.807, 2.05) is 29.5 Å². The average Bonchev–Trinajstić information content (AvgIpc) is 3.96. The fraction of sp³-hybridized carbons (Fsp3) is 0. The van der Waals surface area contributed by atoms with E-state index < -0.39 is 0 Å². The Morgan fingerprint density at radius 3 is 1.96 bits per heavy atom. The summed E-state index contributed by atoms with van der Waals surface area (Å²) < 4.78 is 11.1. The van der Waals surface area contributed by atoms with Crippen molar-refractivity contribution in [3.63, 3.8) is 0 Å². The molecule has 57 heavy (non-hydrogen) atoms. The van der Waals surface area contributed by atoms with Gasteiger partial charge in [0, 0.05) is 59.4 Å². The maximum atomic E-state index is 6.21. The quantitative estimate of drug-likeness (QED) is 0.176. The maximum absolute atomic E-state index is 6.21. The van der Waals surface area contributed by atoms with E-state index in [-0.39, 0.29) is 0 Å². The van der Waals surface area contributed by atoms with Gasteiger partial charge in [-0.1, -0.05) is 133 Å². The second kappa shape index (κ2) is 12.6. The molecule has 12 aromatic rings. The predicted molar refractivity (Wildman–Crippen MR) is 238 cm³/mol. The van der Waals surface area contributed by atoms with Crippen LogP contribution in [-0.2, 0) is 0 Å². The number of furan rings is 1. The van der Waals surface area contributed by atoms with Gasteiger partial charge in [0.15, 0.2) is 5.82 Å². The first-order valence-electron chi connectivity index (χ1n) is 19.1. The Morgan fingerprint density at radius 2 is 1.07 bits per heavy atom. The zero-order chi connectivity index (χ0) is 37.5. The van der Waals surface area contributed by atoms with Gasteiger partial charge in [-0.15, -0.1) is 11.3 Å². The fourth-order valence-corrected chi connectivity index (χ4v) is 9.93. The molecule has 0 saturated heterocycles. The average molecular weight is 746 g/mol. The lowest BCUT2D eigenvalue weighted by atomic mass is 10.00. The number of nitrogens with zero attached hydrogens (tertiary/aromatic N) is 3. The molecule has 0 spiro atoms. The lowest BCUT2D eigenvalue weighted by Crippen LogP contribution is -1.96. The second-order valence-corrected chi connectivity index (χ2v) is 15.5. The van der Waals surface area contributed by atoms with Gasteiger partial charge in [-0.3, -0.25) is 0 Å². The van der Waals surface area contributed by atoms with Crippen LogP contribution in [0.15, 0.2) is 192 Å². The van der Waals surface area contributed by atoms with Gasteiger partial charge in [-0.05, 0) is 65.7 Å². The number of thiophene rings is 1. The van der Waals surface area contributed by atoms with Gasteiger partial charge in [0.2, 0.25) is 0 Å². The van der Waals surface area contributed by atoms with E-state index in [2.05, 4.69) is 174 Å². The van der Waals surface area contributed by atoms with Crippen LogP contribution in [-0.4, -0.2) is 14.5 Å². The molecule has 4 heterocycles. The molecule has 0 aliphatic carbocycles. The van der Waals surface area contributed by atoms with Crippen molar-refractivity contribution in [2.24, 2.45) is 0 Å². The molecule has 4 nitrogen and oxygen atoms in total. The first kappa shape index (κ1) is 32.0. The van der Waals surface area contributed by atoms with Crippen LogP contribution in [0.2, 0.25) is 0 Å². The lowest BCUT2D eigenvalue weighted by Gasteiger charge is -2.11. The van der Waals surface area contributed by atoms with E-state index >= 15 is 0 Å². The molecule has 0 unspecified atom stereocenters. The summed E-state index contributed by atoms with van der Waals surface area (Å²) in [7, 11) is 0. The molecule has 0 fully saturated rings. The van der Waals surface area contributed by atoms with Crippen molar-refractivity contribution in [1.82, 2.24) is 14.5 Å². The van der Waals surface area contributed by atoms with E-state index in [9.17, 15) is 0 Å². The molecule has 0 atom stereocenters. The third kappa shape index (κ3) is 5.06. The van der Waals surface area contributed by atoms with Gasteiger partial charge in [-0.25, -0.2) is 9.97 Å². The van der Waals surface area contributed by atoms with Crippen molar-refractivity contribution in [3.05, 3.63) is 188 Å². The first-order chi connectivity index (χ1) is 28.2. The zero-order valence-electron chi connectivity index (χ0n) is 30.6. The Hall–Kier alpha value is -7.34. The molecule has 12 rings (SSSR count). The van der Waals surface area contributed by atoms with Crippen molar-refractivity contribution >= 4 is 75.3 Å². The predicted octanol–water partition coefficient (Wildman–Crippen LogP) is 14.5. The minimum Gasteiger partial charge on any atom is -0.456 e. The summed E-state index contributed by atoms with van der Waals surface area (Å²) in [5.74, 6) is 0.671. The summed E-state index contributed by atoms with van der Waals surface area (Å²) in [5.41, 5.74) is 12.4. The van der Waals surface area contributed by atoms with Crippen LogP contribution in [0, 0.1) is 0 Å². The maximum Gasteiger partial charge on any atom is 0.160 e. The largest absolute Gasteiger partial charge is 0.456 e. The summed E-state index contributed by atoms with van der Waals surface area (Å²) in [6.45, 7) is 0. The molecule has 8 aromatic carbocycles. The Kier molecular flexibility index (Phi) is 7.06. The number of hydrogen-bond acceptors (Lipinski definition) is 4. The standard InChI is InChI=1S/C52H31N3OS/c1-3-13-32(14-4-1)33-15-11-16-34(29-33)44-31-45(54-52(53-44)35-25-28-48-43(30-35)38-20-8-10-24-47(38)56-48)42-22-12-21-40-41-27-26-39-37-19-7-9-23-46(37)55(36-17-5-2-6-18-36)49(39)51(41)57-50(40)42/h1-31H. The van der Waals surface area contributed by atoms with Crippen LogP contribution in [0.3, 0.4) is 0 Å². The molecule has 0 saturated carbocycles. The summed E-state index contributed by atoms with van der Waals surface area (Å²) in [6.07, 6.45) is 0. The fourth-order valence-electron chi connectivity index (χ4n) is 8.57. The Labute approximate surface area is 331 Å². The van der Waals surface area contributed by atoms with E-state index in [1.54, 1.807) is 0 Å². The molecule has 266 valence electrons. The lowest BCUT2D eigenvalue weighted by molar-refractivity contribution is 0.669. The van der Waals surface area contributed by atoms with Gasteiger partial charge in [0.1, 0.15) is 11.2 Å². The molecule has 0 radical (unpaired) electrons. The molecule has 0 aliphatic rings. The topological polar surface area (TPSA) is 43.9 Å².